The summed E-state index contributed by atoms with van der Waals surface area (Å²) < 4.78 is 38.5. The molecule has 1 unspecified atom stereocenters. The average molecular weight is 749 g/mol. The molecule has 2 N–H and O–H groups in total. The highest BCUT2D eigenvalue weighted by atomic mass is 35.5. The zero-order chi connectivity index (χ0) is 35.7. The third-order valence-corrected chi connectivity index (χ3v) is 10.7. The number of amides is 1. The fraction of sp³-hybridized carbons (Fsp3) is 0.343. The van der Waals surface area contributed by atoms with Crippen LogP contribution in [0.2, 0.25) is 10.0 Å². The first kappa shape index (κ1) is 38.2. The Morgan fingerprint density at radius 3 is 2.18 bits per heavy atom. The quantitative estimate of drug-likeness (QED) is 0.0879. The molecule has 0 bridgehead atoms. The van der Waals surface area contributed by atoms with E-state index in [-0.39, 0.29) is 31.1 Å². The molecule has 0 radical (unpaired) electrons. The smallest absolute Gasteiger partial charge is 0.404 e. The molecule has 2 atom stereocenters. The summed E-state index contributed by atoms with van der Waals surface area (Å²) in [4.78, 5) is 29.7. The van der Waals surface area contributed by atoms with Gasteiger partial charge in [0.05, 0.1) is 23.9 Å². The van der Waals surface area contributed by atoms with E-state index in [0.29, 0.717) is 33.9 Å². The van der Waals surface area contributed by atoms with E-state index in [9.17, 15) is 14.2 Å². The van der Waals surface area contributed by atoms with Crippen molar-refractivity contribution in [3.63, 3.8) is 0 Å². The van der Waals surface area contributed by atoms with E-state index in [2.05, 4.69) is 0 Å². The Kier molecular flexibility index (Phi) is 13.5. The van der Waals surface area contributed by atoms with Crippen LogP contribution in [0, 0.1) is 5.92 Å². The van der Waals surface area contributed by atoms with E-state index in [1.165, 1.54) is 11.8 Å². The second kappa shape index (κ2) is 17.3. The highest BCUT2D eigenvalue weighted by molar-refractivity contribution is 7.99. The van der Waals surface area contributed by atoms with Gasteiger partial charge in [-0.2, -0.15) is 0 Å². The zero-order valence-electron chi connectivity index (χ0n) is 27.9. The van der Waals surface area contributed by atoms with Gasteiger partial charge in [0.1, 0.15) is 22.3 Å². The maximum absolute atomic E-state index is 14.1. The van der Waals surface area contributed by atoms with Crippen molar-refractivity contribution in [1.29, 1.82) is 0 Å². The molecule has 3 aromatic carbocycles. The molecule has 0 fully saturated rings. The second-order valence-electron chi connectivity index (χ2n) is 12.0. The van der Waals surface area contributed by atoms with Crippen LogP contribution in [0.1, 0.15) is 57.6 Å². The fourth-order valence-corrected chi connectivity index (χ4v) is 8.76. The van der Waals surface area contributed by atoms with E-state index in [1.54, 1.807) is 63.2 Å². The monoisotopic (exact) mass is 747 g/mol. The van der Waals surface area contributed by atoms with Gasteiger partial charge in [0.15, 0.2) is 13.0 Å². The normalized spacial score (nSPS) is 13.2. The van der Waals surface area contributed by atoms with Gasteiger partial charge in [0, 0.05) is 21.5 Å². The second-order valence-corrected chi connectivity index (χ2v) is 16.3. The maximum atomic E-state index is 14.1. The number of carbonyl (C=O) groups is 2. The summed E-state index contributed by atoms with van der Waals surface area (Å²) in [7, 11) is -3.51. The van der Waals surface area contributed by atoms with Crippen LogP contribution in [0.15, 0.2) is 82.7 Å². The summed E-state index contributed by atoms with van der Waals surface area (Å²) in [5.74, 6) is 0.324. The van der Waals surface area contributed by atoms with Crippen LogP contribution in [0.25, 0.3) is 0 Å². The number of para-hydroxylation sites is 1. The van der Waals surface area contributed by atoms with E-state index in [4.69, 9.17) is 52.7 Å². The van der Waals surface area contributed by atoms with Crippen LogP contribution >= 0.6 is 42.3 Å². The number of benzene rings is 3. The highest BCUT2D eigenvalue weighted by Gasteiger charge is 2.33. The molecule has 1 amide bonds. The van der Waals surface area contributed by atoms with Gasteiger partial charge in [-0.05, 0) is 67.8 Å². The van der Waals surface area contributed by atoms with Gasteiger partial charge in [-0.3, -0.25) is 9.36 Å². The SMILES string of the molecule is CC(C)OC(=O)[C@H](C)CP(=O)(COc1ccc(Cn2c(COC(N)=O)nc(C(C)C)c2Sc2cc(Cl)cc(Cl)c2)cc1)Oc1ccccc1. The number of imidazole rings is 1. The number of aromatic nitrogens is 2. The van der Waals surface area contributed by atoms with Crippen molar-refractivity contribution in [2.24, 2.45) is 11.7 Å². The molecule has 0 spiro atoms. The summed E-state index contributed by atoms with van der Waals surface area (Å²) in [5.41, 5.74) is 6.98. The molecule has 0 aliphatic rings. The van der Waals surface area contributed by atoms with Crippen molar-refractivity contribution in [2.45, 2.75) is 69.7 Å². The van der Waals surface area contributed by atoms with Crippen LogP contribution in [0.4, 0.5) is 4.79 Å². The lowest BCUT2D eigenvalue weighted by Crippen LogP contribution is -2.23. The average Bonchev–Trinajstić information content (AvgIpc) is 3.35. The standard InChI is InChI=1S/C35H40Cl2N3O7PS/c1-22(2)32-33(49-30-16-26(36)15-27(37)17-30)40(31(39-32)19-44-35(38)42)18-25-11-13-28(14-12-25)45-21-48(43,47-29-9-7-6-8-10-29)20-24(5)34(41)46-23(3)4/h6-17,22-24H,18-21H2,1-5H3,(H2,38,42)/t24-,48?/m1/s1. The molecular formula is C35H40Cl2N3O7PS. The minimum atomic E-state index is -3.51. The van der Waals surface area contributed by atoms with Crippen molar-refractivity contribution in [2.75, 3.05) is 12.5 Å². The Hall–Kier alpha value is -3.63. The number of nitrogens with two attached hydrogens (primary N) is 1. The van der Waals surface area contributed by atoms with Crippen LogP contribution in [-0.2, 0) is 32.0 Å². The fourth-order valence-electron chi connectivity index (χ4n) is 4.77. The third-order valence-electron chi connectivity index (χ3n) is 6.98. The lowest BCUT2D eigenvalue weighted by molar-refractivity contribution is -0.151. The summed E-state index contributed by atoms with van der Waals surface area (Å²) >= 11 is 14.0. The molecule has 0 saturated carbocycles. The third kappa shape index (κ3) is 11.5. The Bertz CT molecular complexity index is 1770. The lowest BCUT2D eigenvalue weighted by atomic mass is 10.1. The first-order chi connectivity index (χ1) is 23.2. The van der Waals surface area contributed by atoms with E-state index in [1.807, 2.05) is 48.7 Å². The zero-order valence-corrected chi connectivity index (χ0v) is 31.2. The van der Waals surface area contributed by atoms with Crippen LogP contribution < -0.4 is 15.0 Å². The van der Waals surface area contributed by atoms with Gasteiger partial charge >= 0.3 is 12.1 Å². The number of esters is 1. The highest BCUT2D eigenvalue weighted by Crippen LogP contribution is 2.49. The molecule has 4 rings (SSSR count). The number of nitrogens with zero attached hydrogens (tertiary/aromatic N) is 2. The Morgan fingerprint density at radius 1 is 0.939 bits per heavy atom. The molecule has 262 valence electrons. The molecule has 0 aliphatic carbocycles. The van der Waals surface area contributed by atoms with Crippen LogP contribution in [0.3, 0.4) is 0 Å². The van der Waals surface area contributed by atoms with Crippen molar-refractivity contribution < 1.29 is 32.9 Å². The van der Waals surface area contributed by atoms with Crippen LogP contribution in [-0.4, -0.2) is 40.2 Å². The first-order valence-corrected chi connectivity index (χ1v) is 19.2. The summed E-state index contributed by atoms with van der Waals surface area (Å²) in [6, 6.07) is 21.4. The molecule has 0 saturated heterocycles. The predicted octanol–water partition coefficient (Wildman–Crippen LogP) is 9.39. The van der Waals surface area contributed by atoms with Gasteiger partial charge < -0.3 is 29.0 Å². The Labute approximate surface area is 301 Å². The van der Waals surface area contributed by atoms with Gasteiger partial charge in [-0.15, -0.1) is 0 Å². The topological polar surface area (TPSA) is 132 Å². The summed E-state index contributed by atoms with van der Waals surface area (Å²) in [5, 5.41) is 1.84. The number of carbonyl (C=O) groups excluding carboxylic acids is 2. The number of hydrogen-bond acceptors (Lipinski definition) is 9. The molecule has 14 heteroatoms. The molecule has 49 heavy (non-hydrogen) atoms. The van der Waals surface area contributed by atoms with Crippen molar-refractivity contribution >= 4 is 54.4 Å². The van der Waals surface area contributed by atoms with E-state index in [0.717, 1.165) is 21.2 Å². The molecule has 1 heterocycles. The molecule has 1 aromatic heterocycles. The molecule has 4 aromatic rings. The van der Waals surface area contributed by atoms with E-state index >= 15 is 0 Å². The van der Waals surface area contributed by atoms with Crippen molar-refractivity contribution in [3.05, 3.63) is 99.9 Å². The Morgan fingerprint density at radius 2 is 1.59 bits per heavy atom. The number of rotatable bonds is 16. The maximum Gasteiger partial charge on any atom is 0.404 e. The summed E-state index contributed by atoms with van der Waals surface area (Å²) in [6.07, 6.45) is -1.51. The largest absolute Gasteiger partial charge is 0.482 e. The Balaban J connectivity index is 1.57. The number of hydrogen-bond donors (Lipinski definition) is 1. The summed E-state index contributed by atoms with van der Waals surface area (Å²) in [6.45, 7) is 9.50. The minimum absolute atomic E-state index is 0.0465. The minimum Gasteiger partial charge on any atom is -0.482 e. The van der Waals surface area contributed by atoms with Gasteiger partial charge in [0.25, 0.3) is 7.37 Å². The lowest BCUT2D eigenvalue weighted by Gasteiger charge is -2.23. The molecular weight excluding hydrogens is 708 g/mol. The van der Waals surface area contributed by atoms with Crippen molar-refractivity contribution in [3.8, 4) is 11.5 Å². The van der Waals surface area contributed by atoms with Gasteiger partial charge in [-0.25, -0.2) is 9.78 Å². The van der Waals surface area contributed by atoms with Gasteiger partial charge in [-0.1, -0.05) is 86.1 Å². The number of primary amides is 1. The number of halogens is 2. The first-order valence-electron chi connectivity index (χ1n) is 15.6. The number of ether oxygens (including phenoxy) is 3. The van der Waals surface area contributed by atoms with Crippen molar-refractivity contribution in [1.82, 2.24) is 9.55 Å². The molecule has 10 nitrogen and oxygen atoms in total. The molecule has 0 aliphatic heterocycles. The predicted molar refractivity (Wildman–Crippen MR) is 192 cm³/mol. The van der Waals surface area contributed by atoms with Crippen LogP contribution in [0.5, 0.6) is 11.5 Å². The van der Waals surface area contributed by atoms with E-state index < -0.39 is 25.3 Å². The van der Waals surface area contributed by atoms with Gasteiger partial charge in [0.2, 0.25) is 0 Å².